The largest absolute Gasteiger partial charge is 0.453 e. The molecule has 0 aromatic heterocycles. The molecule has 0 unspecified atom stereocenters. The van der Waals surface area contributed by atoms with Crippen molar-refractivity contribution in [1.29, 1.82) is 0 Å². The fourth-order valence-electron chi connectivity index (χ4n) is 2.34. The summed E-state index contributed by atoms with van der Waals surface area (Å²) in [6, 6.07) is 1.93. The van der Waals surface area contributed by atoms with Crippen LogP contribution in [0, 0.1) is 6.92 Å². The molecule has 0 saturated carbocycles. The Kier molecular flexibility index (Phi) is 1.75. The van der Waals surface area contributed by atoms with Crippen molar-refractivity contribution in [3.8, 4) is 11.5 Å². The van der Waals surface area contributed by atoms with Crippen LogP contribution in [0.2, 0.25) is 0 Å². The third kappa shape index (κ3) is 1.16. The quantitative estimate of drug-likeness (QED) is 0.650. The first-order chi connectivity index (χ1) is 7.27. The molecule has 0 N–H and O–H groups in total. The number of hydrogen-bond acceptors (Lipinski definition) is 3. The lowest BCUT2D eigenvalue weighted by molar-refractivity contribution is 0.0971. The minimum atomic E-state index is 0.234. The normalized spacial score (nSPS) is 17.8. The number of ketones is 1. The molecule has 0 fully saturated rings. The highest BCUT2D eigenvalue weighted by Gasteiger charge is 2.28. The van der Waals surface area contributed by atoms with Gasteiger partial charge in [-0.25, -0.2) is 0 Å². The maximum absolute atomic E-state index is 11.7. The zero-order chi connectivity index (χ0) is 10.4. The molecule has 1 aliphatic carbocycles. The molecule has 0 radical (unpaired) electrons. The number of carbonyl (C=O) groups excluding carboxylic acids is 1. The Morgan fingerprint density at radius 1 is 1.20 bits per heavy atom. The van der Waals surface area contributed by atoms with Crippen LogP contribution in [0.25, 0.3) is 0 Å². The summed E-state index contributed by atoms with van der Waals surface area (Å²) in [7, 11) is 0. The number of benzene rings is 1. The first kappa shape index (κ1) is 8.77. The van der Waals surface area contributed by atoms with Crippen molar-refractivity contribution in [2.45, 2.75) is 26.2 Å². The molecular formula is C12H12O3. The predicted molar refractivity (Wildman–Crippen MR) is 54.6 cm³/mol. The van der Waals surface area contributed by atoms with Gasteiger partial charge in [0.05, 0.1) is 0 Å². The minimum absolute atomic E-state index is 0.234. The molecule has 1 heterocycles. The van der Waals surface area contributed by atoms with Crippen molar-refractivity contribution >= 4 is 5.78 Å². The number of Topliss-reactive ketones (excluding diaryl/α,β-unsaturated/α-hetero) is 1. The summed E-state index contributed by atoms with van der Waals surface area (Å²) in [6.07, 6.45) is 2.50. The highest BCUT2D eigenvalue weighted by molar-refractivity contribution is 5.99. The van der Waals surface area contributed by atoms with Gasteiger partial charge in [0, 0.05) is 17.5 Å². The summed E-state index contributed by atoms with van der Waals surface area (Å²) in [5.41, 5.74) is 2.88. The number of fused-ring (bicyclic) bond motifs is 3. The summed E-state index contributed by atoms with van der Waals surface area (Å²) >= 11 is 0. The average Bonchev–Trinajstić information content (AvgIpc) is 2.69. The maximum Gasteiger partial charge on any atom is 0.231 e. The number of ether oxygens (including phenoxy) is 2. The molecule has 15 heavy (non-hydrogen) atoms. The van der Waals surface area contributed by atoms with Gasteiger partial charge in [-0.15, -0.1) is 0 Å². The van der Waals surface area contributed by atoms with E-state index in [2.05, 4.69) is 0 Å². The molecule has 1 aromatic rings. The third-order valence-electron chi connectivity index (χ3n) is 3.06. The van der Waals surface area contributed by atoms with Crippen molar-refractivity contribution in [1.82, 2.24) is 0 Å². The molecule has 1 aromatic carbocycles. The molecule has 2 aliphatic rings. The van der Waals surface area contributed by atoms with E-state index in [0.29, 0.717) is 6.42 Å². The standard InChI is InChI=1S/C12H12O3/c1-7-5-9-8(3-2-4-10(9)13)12-11(7)14-6-15-12/h5H,2-4,6H2,1H3. The number of rotatable bonds is 0. The second-order valence-corrected chi connectivity index (χ2v) is 4.06. The van der Waals surface area contributed by atoms with E-state index in [0.717, 1.165) is 41.0 Å². The molecule has 3 nitrogen and oxygen atoms in total. The molecule has 1 aliphatic heterocycles. The van der Waals surface area contributed by atoms with Gasteiger partial charge < -0.3 is 9.47 Å². The summed E-state index contributed by atoms with van der Waals surface area (Å²) < 4.78 is 10.8. The fraction of sp³-hybridized carbons (Fsp3) is 0.417. The Labute approximate surface area is 88.0 Å². The van der Waals surface area contributed by atoms with E-state index in [1.165, 1.54) is 0 Å². The van der Waals surface area contributed by atoms with Crippen molar-refractivity contribution in [3.63, 3.8) is 0 Å². The highest BCUT2D eigenvalue weighted by atomic mass is 16.7. The predicted octanol–water partition coefficient (Wildman–Crippen LogP) is 2.24. The summed E-state index contributed by atoms with van der Waals surface area (Å²) in [4.78, 5) is 11.7. The van der Waals surface area contributed by atoms with Crippen LogP contribution in [-0.4, -0.2) is 12.6 Å². The van der Waals surface area contributed by atoms with Gasteiger partial charge in [0.25, 0.3) is 0 Å². The topological polar surface area (TPSA) is 35.5 Å². The van der Waals surface area contributed by atoms with E-state index in [1.807, 2.05) is 13.0 Å². The van der Waals surface area contributed by atoms with Crippen molar-refractivity contribution in [2.24, 2.45) is 0 Å². The van der Waals surface area contributed by atoms with Gasteiger partial charge in [-0.05, 0) is 31.4 Å². The van der Waals surface area contributed by atoms with Crippen LogP contribution in [0.3, 0.4) is 0 Å². The smallest absolute Gasteiger partial charge is 0.231 e. The number of carbonyl (C=O) groups is 1. The molecule has 0 saturated heterocycles. The van der Waals surface area contributed by atoms with Gasteiger partial charge in [0.2, 0.25) is 6.79 Å². The van der Waals surface area contributed by atoms with Crippen LogP contribution >= 0.6 is 0 Å². The Balaban J connectivity index is 2.27. The summed E-state index contributed by atoms with van der Waals surface area (Å²) in [5, 5.41) is 0. The van der Waals surface area contributed by atoms with E-state index in [1.54, 1.807) is 0 Å². The van der Waals surface area contributed by atoms with Crippen LogP contribution in [0.1, 0.15) is 34.3 Å². The molecule has 0 spiro atoms. The molecule has 0 amide bonds. The van der Waals surface area contributed by atoms with Gasteiger partial charge in [-0.2, -0.15) is 0 Å². The van der Waals surface area contributed by atoms with E-state index < -0.39 is 0 Å². The van der Waals surface area contributed by atoms with Gasteiger partial charge >= 0.3 is 0 Å². The second kappa shape index (κ2) is 2.99. The minimum Gasteiger partial charge on any atom is -0.453 e. The molecule has 0 atom stereocenters. The average molecular weight is 204 g/mol. The van der Waals surface area contributed by atoms with Gasteiger partial charge in [0.1, 0.15) is 0 Å². The Hall–Kier alpha value is -1.51. The van der Waals surface area contributed by atoms with Crippen molar-refractivity contribution < 1.29 is 14.3 Å². The Morgan fingerprint density at radius 2 is 2.00 bits per heavy atom. The van der Waals surface area contributed by atoms with Gasteiger partial charge in [-0.1, -0.05) is 0 Å². The summed E-state index contributed by atoms with van der Waals surface area (Å²) in [5.74, 6) is 1.86. The third-order valence-corrected chi connectivity index (χ3v) is 3.06. The molecule has 0 bridgehead atoms. The number of aryl methyl sites for hydroxylation is 1. The van der Waals surface area contributed by atoms with Crippen LogP contribution in [0.15, 0.2) is 6.07 Å². The van der Waals surface area contributed by atoms with Gasteiger partial charge in [-0.3, -0.25) is 4.79 Å². The Morgan fingerprint density at radius 3 is 2.87 bits per heavy atom. The lowest BCUT2D eigenvalue weighted by atomic mass is 9.88. The molecule has 3 heteroatoms. The lowest BCUT2D eigenvalue weighted by Crippen LogP contribution is -2.11. The first-order valence-corrected chi connectivity index (χ1v) is 5.22. The summed E-state index contributed by atoms with van der Waals surface area (Å²) in [6.45, 7) is 2.23. The maximum atomic E-state index is 11.7. The van der Waals surface area contributed by atoms with Crippen molar-refractivity contribution in [2.75, 3.05) is 6.79 Å². The SMILES string of the molecule is Cc1cc2c(c3c1OCO3)CCCC2=O. The van der Waals surface area contributed by atoms with E-state index in [4.69, 9.17) is 9.47 Å². The van der Waals surface area contributed by atoms with Crippen LogP contribution in [-0.2, 0) is 6.42 Å². The van der Waals surface area contributed by atoms with Crippen LogP contribution in [0.4, 0.5) is 0 Å². The van der Waals surface area contributed by atoms with Crippen LogP contribution < -0.4 is 9.47 Å². The zero-order valence-corrected chi connectivity index (χ0v) is 8.63. The molecular weight excluding hydrogens is 192 g/mol. The van der Waals surface area contributed by atoms with E-state index >= 15 is 0 Å². The van der Waals surface area contributed by atoms with Crippen LogP contribution in [0.5, 0.6) is 11.5 Å². The first-order valence-electron chi connectivity index (χ1n) is 5.22. The zero-order valence-electron chi connectivity index (χ0n) is 8.63. The monoisotopic (exact) mass is 204 g/mol. The van der Waals surface area contributed by atoms with Crippen molar-refractivity contribution in [3.05, 3.63) is 22.8 Å². The van der Waals surface area contributed by atoms with E-state index in [-0.39, 0.29) is 12.6 Å². The highest BCUT2D eigenvalue weighted by Crippen LogP contribution is 2.42. The van der Waals surface area contributed by atoms with Gasteiger partial charge in [0.15, 0.2) is 17.3 Å². The molecule has 78 valence electrons. The number of hydrogen-bond donors (Lipinski definition) is 0. The Bertz CT molecular complexity index is 449. The lowest BCUT2D eigenvalue weighted by Gasteiger charge is -2.17. The molecule has 3 rings (SSSR count). The fourth-order valence-corrected chi connectivity index (χ4v) is 2.34. The van der Waals surface area contributed by atoms with E-state index in [9.17, 15) is 4.79 Å². The second-order valence-electron chi connectivity index (χ2n) is 4.06.